The molecule has 5 heteroatoms. The van der Waals surface area contributed by atoms with Crippen LogP contribution in [0.3, 0.4) is 0 Å². The van der Waals surface area contributed by atoms with Gasteiger partial charge in [-0.1, -0.05) is 36.8 Å². The van der Waals surface area contributed by atoms with Crippen LogP contribution in [0.25, 0.3) is 10.9 Å². The lowest BCUT2D eigenvalue weighted by atomic mass is 9.99. The summed E-state index contributed by atoms with van der Waals surface area (Å²) >= 11 is 0. The van der Waals surface area contributed by atoms with Gasteiger partial charge in [-0.2, -0.15) is 0 Å². The molecule has 1 N–H and O–H groups in total. The third kappa shape index (κ3) is 4.94. The molecule has 1 aromatic heterocycles. The van der Waals surface area contributed by atoms with E-state index >= 15 is 0 Å². The minimum atomic E-state index is 0.0452. The van der Waals surface area contributed by atoms with Crippen LogP contribution in [0, 0.1) is 13.8 Å². The summed E-state index contributed by atoms with van der Waals surface area (Å²) < 4.78 is 5.32. The van der Waals surface area contributed by atoms with Crippen molar-refractivity contribution in [3.05, 3.63) is 70.9 Å². The molecule has 2 heterocycles. The number of aryl methyl sites for hydroxylation is 2. The molecule has 32 heavy (non-hydrogen) atoms. The molecule has 0 aliphatic carbocycles. The van der Waals surface area contributed by atoms with Gasteiger partial charge in [-0.15, -0.1) is 0 Å². The number of nitrogens with zero attached hydrogens (tertiary/aromatic N) is 2. The highest BCUT2D eigenvalue weighted by Crippen LogP contribution is 2.26. The van der Waals surface area contributed by atoms with Gasteiger partial charge in [-0.05, 0) is 74.7 Å². The van der Waals surface area contributed by atoms with Crippen LogP contribution in [0.15, 0.2) is 48.5 Å². The molecular weight excluding hydrogens is 398 g/mol. The monoisotopic (exact) mass is 431 g/mol. The molecule has 0 radical (unpaired) electrons. The van der Waals surface area contributed by atoms with Crippen molar-refractivity contribution in [2.24, 2.45) is 0 Å². The Labute approximate surface area is 190 Å². The number of piperidine rings is 1. The Balaban J connectivity index is 1.49. The van der Waals surface area contributed by atoms with Crippen molar-refractivity contribution in [3.63, 3.8) is 0 Å². The van der Waals surface area contributed by atoms with E-state index < -0.39 is 0 Å². The number of pyridine rings is 1. The number of hydrogen-bond acceptors (Lipinski definition) is 4. The van der Waals surface area contributed by atoms with Gasteiger partial charge in [0.15, 0.2) is 0 Å². The normalized spacial score (nSPS) is 15.5. The van der Waals surface area contributed by atoms with E-state index in [9.17, 15) is 4.79 Å². The number of fused-ring (bicyclic) bond motifs is 1. The van der Waals surface area contributed by atoms with E-state index in [0.717, 1.165) is 46.6 Å². The number of carbonyl (C=O) groups excluding carboxylic acids is 1. The zero-order valence-electron chi connectivity index (χ0n) is 19.4. The maximum Gasteiger partial charge on any atom is 0.224 e. The van der Waals surface area contributed by atoms with E-state index in [1.165, 1.54) is 24.8 Å². The van der Waals surface area contributed by atoms with Gasteiger partial charge < -0.3 is 10.1 Å². The summed E-state index contributed by atoms with van der Waals surface area (Å²) in [6.45, 7) is 6.83. The average Bonchev–Trinajstić information content (AvgIpc) is 2.83. The quantitative estimate of drug-likeness (QED) is 0.587. The second-order valence-electron chi connectivity index (χ2n) is 8.68. The van der Waals surface area contributed by atoms with Crippen LogP contribution in [0.5, 0.6) is 5.75 Å². The Bertz CT molecular complexity index is 1070. The van der Waals surface area contributed by atoms with Crippen LogP contribution in [0.4, 0.5) is 0 Å². The number of likely N-dealkylation sites (tertiary alicyclic amines) is 1. The highest BCUT2D eigenvalue weighted by molar-refractivity contribution is 5.86. The molecule has 5 nitrogen and oxygen atoms in total. The molecule has 4 rings (SSSR count). The summed E-state index contributed by atoms with van der Waals surface area (Å²) in [5.74, 6) is 0.897. The summed E-state index contributed by atoms with van der Waals surface area (Å²) in [6.07, 6.45) is 4.06. The van der Waals surface area contributed by atoms with Gasteiger partial charge in [0.05, 0.1) is 25.1 Å². The Kier molecular flexibility index (Phi) is 7.05. The lowest BCUT2D eigenvalue weighted by Gasteiger charge is -2.35. The smallest absolute Gasteiger partial charge is 0.224 e. The van der Waals surface area contributed by atoms with Crippen LogP contribution < -0.4 is 10.1 Å². The van der Waals surface area contributed by atoms with Crippen LogP contribution >= 0.6 is 0 Å². The molecule has 168 valence electrons. The average molecular weight is 432 g/mol. The van der Waals surface area contributed by atoms with Crippen LogP contribution in [0.1, 0.15) is 47.7 Å². The van der Waals surface area contributed by atoms with Gasteiger partial charge in [-0.25, -0.2) is 0 Å². The first-order valence-electron chi connectivity index (χ1n) is 11.6. The second kappa shape index (κ2) is 10.1. The number of ether oxygens (including phenoxy) is 1. The molecule has 0 spiro atoms. The van der Waals surface area contributed by atoms with Crippen molar-refractivity contribution >= 4 is 16.8 Å². The number of amides is 1. The minimum Gasteiger partial charge on any atom is -0.497 e. The van der Waals surface area contributed by atoms with E-state index in [2.05, 4.69) is 35.3 Å². The highest BCUT2D eigenvalue weighted by Gasteiger charge is 2.23. The van der Waals surface area contributed by atoms with Gasteiger partial charge in [0.2, 0.25) is 5.91 Å². The molecule has 1 amide bonds. The molecule has 1 aliphatic heterocycles. The number of para-hydroxylation sites is 1. The van der Waals surface area contributed by atoms with Crippen LogP contribution in [-0.4, -0.2) is 42.5 Å². The first-order valence-corrected chi connectivity index (χ1v) is 11.6. The van der Waals surface area contributed by atoms with E-state index in [1.807, 2.05) is 37.3 Å². The maximum absolute atomic E-state index is 13.0. The predicted molar refractivity (Wildman–Crippen MR) is 129 cm³/mol. The number of benzene rings is 2. The Morgan fingerprint density at radius 1 is 1.06 bits per heavy atom. The Morgan fingerprint density at radius 2 is 1.78 bits per heavy atom. The number of hydrogen-bond donors (Lipinski definition) is 1. The maximum atomic E-state index is 13.0. The summed E-state index contributed by atoms with van der Waals surface area (Å²) in [5.41, 5.74) is 5.30. The number of nitrogens with one attached hydrogen (secondary N) is 1. The molecule has 1 saturated heterocycles. The fourth-order valence-electron chi connectivity index (χ4n) is 4.78. The van der Waals surface area contributed by atoms with Crippen molar-refractivity contribution < 1.29 is 9.53 Å². The van der Waals surface area contributed by atoms with Crippen molar-refractivity contribution in [2.75, 3.05) is 26.7 Å². The summed E-state index contributed by atoms with van der Waals surface area (Å²) in [7, 11) is 1.68. The Morgan fingerprint density at radius 3 is 2.50 bits per heavy atom. The van der Waals surface area contributed by atoms with Gasteiger partial charge in [0.25, 0.3) is 0 Å². The van der Waals surface area contributed by atoms with E-state index in [4.69, 9.17) is 9.72 Å². The summed E-state index contributed by atoms with van der Waals surface area (Å²) in [6, 6.07) is 16.5. The molecule has 2 aromatic carbocycles. The van der Waals surface area contributed by atoms with Gasteiger partial charge >= 0.3 is 0 Å². The lowest BCUT2D eigenvalue weighted by molar-refractivity contribution is -0.120. The summed E-state index contributed by atoms with van der Waals surface area (Å²) in [5, 5.41) is 4.33. The summed E-state index contributed by atoms with van der Waals surface area (Å²) in [4.78, 5) is 20.2. The molecule has 0 bridgehead atoms. The minimum absolute atomic E-state index is 0.0452. The van der Waals surface area contributed by atoms with Crippen molar-refractivity contribution in [3.8, 4) is 5.75 Å². The molecule has 0 saturated carbocycles. The second-order valence-corrected chi connectivity index (χ2v) is 8.68. The molecular formula is C27H33N3O2. The zero-order chi connectivity index (χ0) is 22.5. The molecule has 1 fully saturated rings. The zero-order valence-corrected chi connectivity index (χ0v) is 19.4. The fraction of sp³-hybridized carbons (Fsp3) is 0.407. The van der Waals surface area contributed by atoms with Crippen LogP contribution in [0.2, 0.25) is 0 Å². The first-order chi connectivity index (χ1) is 15.6. The molecule has 1 aliphatic rings. The molecule has 3 aromatic rings. The lowest BCUT2D eigenvalue weighted by Crippen LogP contribution is -2.41. The number of carbonyl (C=O) groups is 1. The third-order valence-corrected chi connectivity index (χ3v) is 6.65. The molecule has 0 unspecified atom stereocenters. The first kappa shape index (κ1) is 22.3. The van der Waals surface area contributed by atoms with Gasteiger partial charge in [0, 0.05) is 17.6 Å². The van der Waals surface area contributed by atoms with Crippen molar-refractivity contribution in [1.82, 2.24) is 15.2 Å². The van der Waals surface area contributed by atoms with Gasteiger partial charge in [0.1, 0.15) is 5.75 Å². The number of rotatable bonds is 7. The van der Waals surface area contributed by atoms with E-state index in [0.29, 0.717) is 13.0 Å². The standard InChI is InChI=1S/C27H33N3O2/c1-19-23-9-5-6-10-25(23)29-20(2)24(19)17-27(31)28-18-26(30-15-7-4-8-16-30)21-11-13-22(32-3)14-12-21/h5-6,9-14,26H,4,7-8,15-18H2,1-3H3,(H,28,31)/t26-/m0/s1. The fourth-order valence-corrected chi connectivity index (χ4v) is 4.78. The van der Waals surface area contributed by atoms with Crippen molar-refractivity contribution in [1.29, 1.82) is 0 Å². The Hall–Kier alpha value is -2.92. The molecule has 1 atom stereocenters. The largest absolute Gasteiger partial charge is 0.497 e. The highest BCUT2D eigenvalue weighted by atomic mass is 16.5. The SMILES string of the molecule is COc1ccc([C@H](CNC(=O)Cc2c(C)nc3ccccc3c2C)N2CCCCC2)cc1. The number of aromatic nitrogens is 1. The van der Waals surface area contributed by atoms with E-state index in [-0.39, 0.29) is 11.9 Å². The third-order valence-electron chi connectivity index (χ3n) is 6.65. The van der Waals surface area contributed by atoms with Crippen LogP contribution in [-0.2, 0) is 11.2 Å². The predicted octanol–water partition coefficient (Wildman–Crippen LogP) is 4.75. The van der Waals surface area contributed by atoms with E-state index in [1.54, 1.807) is 7.11 Å². The van der Waals surface area contributed by atoms with Gasteiger partial charge in [-0.3, -0.25) is 14.7 Å². The topological polar surface area (TPSA) is 54.5 Å². The number of methoxy groups -OCH3 is 1. The van der Waals surface area contributed by atoms with Crippen molar-refractivity contribution in [2.45, 2.75) is 45.6 Å².